The number of hydrogen-bond donors (Lipinski definition) is 0. The number of hydrogen-bond acceptors (Lipinski definition) is 2. The zero-order valence-corrected chi connectivity index (χ0v) is 11.3. The van der Waals surface area contributed by atoms with E-state index in [-0.39, 0.29) is 5.91 Å². The molecule has 0 saturated heterocycles. The van der Waals surface area contributed by atoms with Crippen LogP contribution < -0.4 is 9.64 Å². The summed E-state index contributed by atoms with van der Waals surface area (Å²) in [4.78, 5) is 14.7. The molecule has 2 aliphatic heterocycles. The van der Waals surface area contributed by atoms with Gasteiger partial charge in [0, 0.05) is 18.3 Å². The summed E-state index contributed by atoms with van der Waals surface area (Å²) in [6.45, 7) is 0.434. The first-order valence-corrected chi connectivity index (χ1v) is 6.81. The van der Waals surface area contributed by atoms with Crippen molar-refractivity contribution in [3.05, 3.63) is 59.7 Å². The highest BCUT2D eigenvalue weighted by atomic mass is 16.5. The van der Waals surface area contributed by atoms with Crippen molar-refractivity contribution >= 4 is 11.6 Å². The van der Waals surface area contributed by atoms with Crippen molar-refractivity contribution in [1.29, 1.82) is 0 Å². The highest BCUT2D eigenvalue weighted by molar-refractivity contribution is 6.04. The van der Waals surface area contributed by atoms with Crippen molar-refractivity contribution in [2.45, 2.75) is 11.8 Å². The van der Waals surface area contributed by atoms with Crippen LogP contribution >= 0.6 is 0 Å². The SMILES string of the molecule is CN1C(=O)C2(COc3ccccc32)Cc2ccccc21. The van der Waals surface area contributed by atoms with E-state index in [4.69, 9.17) is 4.74 Å². The molecule has 0 aromatic heterocycles. The number of benzene rings is 2. The number of anilines is 1. The van der Waals surface area contributed by atoms with E-state index in [0.29, 0.717) is 13.0 Å². The molecule has 4 rings (SSSR count). The van der Waals surface area contributed by atoms with E-state index in [1.54, 1.807) is 4.90 Å². The second kappa shape index (κ2) is 3.85. The normalized spacial score (nSPS) is 23.4. The first kappa shape index (κ1) is 11.5. The smallest absolute Gasteiger partial charge is 0.241 e. The summed E-state index contributed by atoms with van der Waals surface area (Å²) in [5.41, 5.74) is 2.67. The molecule has 1 unspecified atom stereocenters. The molecule has 1 atom stereocenters. The second-order valence-corrected chi connectivity index (χ2v) is 5.54. The molecule has 3 heteroatoms. The van der Waals surface area contributed by atoms with Crippen LogP contribution in [0.1, 0.15) is 11.1 Å². The van der Waals surface area contributed by atoms with Crippen molar-refractivity contribution in [3.63, 3.8) is 0 Å². The van der Waals surface area contributed by atoms with E-state index in [1.165, 1.54) is 5.56 Å². The summed E-state index contributed by atoms with van der Waals surface area (Å²) >= 11 is 0. The number of para-hydroxylation sites is 2. The maximum absolute atomic E-state index is 12.9. The fourth-order valence-corrected chi connectivity index (χ4v) is 3.41. The molecule has 2 heterocycles. The Balaban J connectivity index is 1.92. The van der Waals surface area contributed by atoms with E-state index in [9.17, 15) is 4.79 Å². The van der Waals surface area contributed by atoms with Gasteiger partial charge in [-0.05, 0) is 24.1 Å². The van der Waals surface area contributed by atoms with Crippen LogP contribution in [-0.2, 0) is 16.6 Å². The Bertz CT molecular complexity index is 710. The van der Waals surface area contributed by atoms with Crippen molar-refractivity contribution in [3.8, 4) is 5.75 Å². The number of nitrogens with zero attached hydrogens (tertiary/aromatic N) is 1. The van der Waals surface area contributed by atoms with Gasteiger partial charge in [0.05, 0.1) is 0 Å². The fraction of sp³-hybridized carbons (Fsp3) is 0.235. The number of amides is 1. The van der Waals surface area contributed by atoms with Crippen LogP contribution in [-0.4, -0.2) is 19.6 Å². The molecular weight excluding hydrogens is 250 g/mol. The lowest BCUT2D eigenvalue weighted by Crippen LogP contribution is -2.51. The molecule has 3 nitrogen and oxygen atoms in total. The van der Waals surface area contributed by atoms with Crippen molar-refractivity contribution in [2.75, 3.05) is 18.6 Å². The molecule has 0 radical (unpaired) electrons. The van der Waals surface area contributed by atoms with Crippen molar-refractivity contribution in [1.82, 2.24) is 0 Å². The Hall–Kier alpha value is -2.29. The molecular formula is C17H15NO2. The van der Waals surface area contributed by atoms with Gasteiger partial charge in [0.25, 0.3) is 0 Å². The Morgan fingerprint density at radius 2 is 1.85 bits per heavy atom. The lowest BCUT2D eigenvalue weighted by molar-refractivity contribution is -0.124. The van der Waals surface area contributed by atoms with Gasteiger partial charge in [0.15, 0.2) is 0 Å². The summed E-state index contributed by atoms with van der Waals surface area (Å²) in [6.07, 6.45) is 0.712. The number of carbonyl (C=O) groups is 1. The predicted octanol–water partition coefficient (Wildman–Crippen LogP) is 2.54. The highest BCUT2D eigenvalue weighted by Crippen LogP contribution is 2.46. The molecule has 2 aromatic carbocycles. The Morgan fingerprint density at radius 1 is 1.10 bits per heavy atom. The summed E-state index contributed by atoms with van der Waals surface area (Å²) in [5, 5.41) is 0. The van der Waals surface area contributed by atoms with Crippen LogP contribution in [0.4, 0.5) is 5.69 Å². The van der Waals surface area contributed by atoms with Crippen LogP contribution in [0.25, 0.3) is 0 Å². The number of carbonyl (C=O) groups excluding carboxylic acids is 1. The Morgan fingerprint density at radius 3 is 2.75 bits per heavy atom. The topological polar surface area (TPSA) is 29.5 Å². The number of ether oxygens (including phenoxy) is 1. The van der Waals surface area contributed by atoms with E-state index < -0.39 is 5.41 Å². The first-order valence-electron chi connectivity index (χ1n) is 6.81. The standard InChI is InChI=1S/C17H15NO2/c1-18-14-8-4-2-6-12(14)10-17(16(18)19)11-20-15-9-5-3-7-13(15)17/h2-9H,10-11H2,1H3. The van der Waals surface area contributed by atoms with Crippen molar-refractivity contribution in [2.24, 2.45) is 0 Å². The minimum absolute atomic E-state index is 0.126. The summed E-state index contributed by atoms with van der Waals surface area (Å²) < 4.78 is 5.78. The number of rotatable bonds is 0. The summed E-state index contributed by atoms with van der Waals surface area (Å²) in [5.74, 6) is 0.967. The van der Waals surface area contributed by atoms with E-state index >= 15 is 0 Å². The molecule has 2 aliphatic rings. The zero-order valence-electron chi connectivity index (χ0n) is 11.3. The molecule has 1 spiro atoms. The van der Waals surface area contributed by atoms with Gasteiger partial charge in [-0.2, -0.15) is 0 Å². The third-order valence-corrected chi connectivity index (χ3v) is 4.44. The van der Waals surface area contributed by atoms with E-state index in [2.05, 4.69) is 6.07 Å². The Labute approximate surface area is 117 Å². The van der Waals surface area contributed by atoms with Crippen LogP contribution in [0, 0.1) is 0 Å². The molecule has 0 N–H and O–H groups in total. The monoisotopic (exact) mass is 265 g/mol. The highest BCUT2D eigenvalue weighted by Gasteiger charge is 2.51. The first-order chi connectivity index (χ1) is 9.72. The molecule has 1 amide bonds. The minimum atomic E-state index is -0.556. The van der Waals surface area contributed by atoms with Gasteiger partial charge in [0.2, 0.25) is 5.91 Å². The van der Waals surface area contributed by atoms with Gasteiger partial charge in [-0.25, -0.2) is 0 Å². The minimum Gasteiger partial charge on any atom is -0.492 e. The summed E-state index contributed by atoms with van der Waals surface area (Å²) in [7, 11) is 1.85. The third-order valence-electron chi connectivity index (χ3n) is 4.44. The van der Waals surface area contributed by atoms with Gasteiger partial charge in [-0.15, -0.1) is 0 Å². The molecule has 0 fully saturated rings. The lowest BCUT2D eigenvalue weighted by Gasteiger charge is -2.38. The third kappa shape index (κ3) is 1.32. The van der Waals surface area contributed by atoms with Gasteiger partial charge in [0.1, 0.15) is 17.8 Å². The second-order valence-electron chi connectivity index (χ2n) is 5.54. The van der Waals surface area contributed by atoms with Crippen LogP contribution in [0.5, 0.6) is 5.75 Å². The van der Waals surface area contributed by atoms with E-state index in [0.717, 1.165) is 17.0 Å². The van der Waals surface area contributed by atoms with Crippen LogP contribution in [0.2, 0.25) is 0 Å². The molecule has 20 heavy (non-hydrogen) atoms. The van der Waals surface area contributed by atoms with Crippen LogP contribution in [0.3, 0.4) is 0 Å². The molecule has 0 bridgehead atoms. The van der Waals surface area contributed by atoms with Gasteiger partial charge < -0.3 is 9.64 Å². The van der Waals surface area contributed by atoms with Crippen molar-refractivity contribution < 1.29 is 9.53 Å². The number of likely N-dealkylation sites (N-methyl/N-ethyl adjacent to an activating group) is 1. The molecule has 0 saturated carbocycles. The zero-order chi connectivity index (χ0) is 13.7. The van der Waals surface area contributed by atoms with Gasteiger partial charge in [-0.1, -0.05) is 36.4 Å². The van der Waals surface area contributed by atoms with Gasteiger partial charge in [-0.3, -0.25) is 4.79 Å². The Kier molecular flexibility index (Phi) is 2.22. The largest absolute Gasteiger partial charge is 0.492 e. The maximum atomic E-state index is 12.9. The molecule has 0 aliphatic carbocycles. The van der Waals surface area contributed by atoms with Gasteiger partial charge >= 0.3 is 0 Å². The predicted molar refractivity (Wildman–Crippen MR) is 77.2 cm³/mol. The summed E-state index contributed by atoms with van der Waals surface area (Å²) in [6, 6.07) is 16.0. The lowest BCUT2D eigenvalue weighted by atomic mass is 9.73. The number of fused-ring (bicyclic) bond motifs is 3. The average Bonchev–Trinajstić information content (AvgIpc) is 2.85. The fourth-order valence-electron chi connectivity index (χ4n) is 3.41. The van der Waals surface area contributed by atoms with E-state index in [1.807, 2.05) is 49.5 Å². The van der Waals surface area contributed by atoms with Crippen LogP contribution in [0.15, 0.2) is 48.5 Å². The molecule has 2 aromatic rings. The molecule has 100 valence electrons. The maximum Gasteiger partial charge on any atom is 0.241 e. The quantitative estimate of drug-likeness (QED) is 0.732. The average molecular weight is 265 g/mol.